The van der Waals surface area contributed by atoms with Crippen LogP contribution in [-0.2, 0) is 4.79 Å². The van der Waals surface area contributed by atoms with Crippen LogP contribution in [0.15, 0.2) is 24.5 Å². The lowest BCUT2D eigenvalue weighted by atomic mass is 10.1. The van der Waals surface area contributed by atoms with E-state index in [2.05, 4.69) is 16.3 Å². The van der Waals surface area contributed by atoms with Crippen molar-refractivity contribution in [3.05, 3.63) is 24.5 Å². The summed E-state index contributed by atoms with van der Waals surface area (Å²) in [7, 11) is 0. The molecule has 2 aromatic rings. The molecule has 0 aromatic carbocycles. The van der Waals surface area contributed by atoms with E-state index in [1.54, 1.807) is 12.4 Å². The second kappa shape index (κ2) is 7.03. The Morgan fingerprint density at radius 2 is 2.10 bits per heavy atom. The van der Waals surface area contributed by atoms with Gasteiger partial charge in [0.25, 0.3) is 0 Å². The molecule has 0 saturated heterocycles. The molecule has 0 bridgehead atoms. The first-order valence-electron chi connectivity index (χ1n) is 6.82. The molecule has 0 fully saturated rings. The van der Waals surface area contributed by atoms with E-state index in [0.717, 1.165) is 35.5 Å². The van der Waals surface area contributed by atoms with Gasteiger partial charge in [-0.25, -0.2) is 0 Å². The predicted octanol–water partition coefficient (Wildman–Crippen LogP) is 1.88. The lowest BCUT2D eigenvalue weighted by Crippen LogP contribution is -2.34. The Morgan fingerprint density at radius 1 is 1.38 bits per heavy atom. The highest BCUT2D eigenvalue weighted by Crippen LogP contribution is 2.39. The van der Waals surface area contributed by atoms with Gasteiger partial charge in [0.2, 0.25) is 5.91 Å². The van der Waals surface area contributed by atoms with Crippen LogP contribution in [0.3, 0.4) is 0 Å². The molecule has 0 unspecified atom stereocenters. The zero-order chi connectivity index (χ0) is 15.2. The van der Waals surface area contributed by atoms with Crippen molar-refractivity contribution >= 4 is 28.3 Å². The fraction of sp³-hybridized carbons (Fsp3) is 0.357. The number of carbonyl (C=O) groups is 1. The molecule has 4 N–H and O–H groups in total. The van der Waals surface area contributed by atoms with Gasteiger partial charge in [0.1, 0.15) is 10.8 Å². The highest BCUT2D eigenvalue weighted by molar-refractivity contribution is 7.11. The van der Waals surface area contributed by atoms with Gasteiger partial charge in [0.15, 0.2) is 0 Å². The number of carbonyl (C=O) groups excluding carboxylic acids is 1. The Kier molecular flexibility index (Phi) is 5.10. The summed E-state index contributed by atoms with van der Waals surface area (Å²) in [5, 5.41) is 0.881. The maximum absolute atomic E-state index is 11.3. The molecule has 0 aliphatic carbocycles. The molecule has 6 nitrogen and oxygen atoms in total. The molecule has 1 amide bonds. The Bertz CT molecular complexity index is 599. The summed E-state index contributed by atoms with van der Waals surface area (Å²) in [6, 6.07) is 3.76. The van der Waals surface area contributed by atoms with Gasteiger partial charge >= 0.3 is 0 Å². The van der Waals surface area contributed by atoms with Crippen LogP contribution in [0.25, 0.3) is 11.1 Å². The number of rotatable bonds is 7. The van der Waals surface area contributed by atoms with Crippen LogP contribution in [0, 0.1) is 0 Å². The second-order valence-electron chi connectivity index (χ2n) is 4.73. The summed E-state index contributed by atoms with van der Waals surface area (Å²) in [6.45, 7) is 3.02. The van der Waals surface area contributed by atoms with Crippen molar-refractivity contribution in [3.8, 4) is 11.1 Å². The molecule has 0 aliphatic heterocycles. The molecule has 0 radical (unpaired) electrons. The Hall–Kier alpha value is -2.15. The van der Waals surface area contributed by atoms with Crippen LogP contribution in [0.1, 0.15) is 19.8 Å². The highest BCUT2D eigenvalue weighted by atomic mass is 32.1. The fourth-order valence-electron chi connectivity index (χ4n) is 2.09. The summed E-state index contributed by atoms with van der Waals surface area (Å²) >= 11 is 1.29. The minimum atomic E-state index is -0.362. The molecule has 2 heterocycles. The monoisotopic (exact) mass is 305 g/mol. The average molecular weight is 305 g/mol. The molecule has 21 heavy (non-hydrogen) atoms. The van der Waals surface area contributed by atoms with E-state index in [1.165, 1.54) is 11.5 Å². The fourth-order valence-corrected chi connectivity index (χ4v) is 2.95. The van der Waals surface area contributed by atoms with Crippen molar-refractivity contribution < 1.29 is 4.79 Å². The summed E-state index contributed by atoms with van der Waals surface area (Å²) < 4.78 is 4.23. The molecule has 2 aromatic heterocycles. The standard InChI is InChI=1S/C14H19N5OS/c1-2-3-8-19(9-11(15)20)14-12(13(16)18-21-14)10-4-6-17-7-5-10/h4-7H,2-3,8-9H2,1H3,(H2,15,20)(H2,16,18). The second-order valence-corrected chi connectivity index (χ2v) is 5.48. The number of amides is 1. The molecule has 7 heteroatoms. The number of anilines is 2. The first kappa shape index (κ1) is 15.2. The lowest BCUT2D eigenvalue weighted by Gasteiger charge is -2.22. The topological polar surface area (TPSA) is 98.1 Å². The smallest absolute Gasteiger partial charge is 0.236 e. The number of primary amides is 1. The summed E-state index contributed by atoms with van der Waals surface area (Å²) in [6.07, 6.45) is 5.43. The van der Waals surface area contributed by atoms with E-state index in [9.17, 15) is 4.79 Å². The predicted molar refractivity (Wildman–Crippen MR) is 86.1 cm³/mol. The normalized spacial score (nSPS) is 10.5. The number of nitrogen functional groups attached to an aromatic ring is 1. The van der Waals surface area contributed by atoms with Crippen LogP contribution < -0.4 is 16.4 Å². The highest BCUT2D eigenvalue weighted by Gasteiger charge is 2.20. The molecule has 0 atom stereocenters. The van der Waals surface area contributed by atoms with Crippen LogP contribution in [0.2, 0.25) is 0 Å². The SMILES string of the molecule is CCCCN(CC(N)=O)c1snc(N)c1-c1ccncc1. The van der Waals surface area contributed by atoms with Gasteiger partial charge in [-0.2, -0.15) is 4.37 Å². The summed E-state index contributed by atoms with van der Waals surface area (Å²) in [5.41, 5.74) is 13.2. The van der Waals surface area contributed by atoms with Crippen LogP contribution >= 0.6 is 11.5 Å². The third-order valence-corrected chi connectivity index (χ3v) is 4.01. The maximum Gasteiger partial charge on any atom is 0.236 e. The van der Waals surface area contributed by atoms with E-state index in [0.29, 0.717) is 5.82 Å². The van der Waals surface area contributed by atoms with Crippen molar-refractivity contribution in [2.45, 2.75) is 19.8 Å². The van der Waals surface area contributed by atoms with Crippen molar-refractivity contribution in [1.82, 2.24) is 9.36 Å². The zero-order valence-electron chi connectivity index (χ0n) is 12.0. The van der Waals surface area contributed by atoms with E-state index in [1.807, 2.05) is 17.0 Å². The number of nitrogens with zero attached hydrogens (tertiary/aromatic N) is 3. The Morgan fingerprint density at radius 3 is 2.71 bits per heavy atom. The van der Waals surface area contributed by atoms with Gasteiger partial charge in [-0.15, -0.1) is 0 Å². The lowest BCUT2D eigenvalue weighted by molar-refractivity contribution is -0.116. The first-order chi connectivity index (χ1) is 10.1. The zero-order valence-corrected chi connectivity index (χ0v) is 12.8. The molecule has 0 aliphatic rings. The largest absolute Gasteiger partial charge is 0.382 e. The maximum atomic E-state index is 11.3. The third-order valence-electron chi connectivity index (χ3n) is 3.08. The number of hydrogen-bond acceptors (Lipinski definition) is 6. The van der Waals surface area contributed by atoms with E-state index >= 15 is 0 Å². The van der Waals surface area contributed by atoms with Gasteiger partial charge in [0.05, 0.1) is 12.1 Å². The van der Waals surface area contributed by atoms with E-state index in [-0.39, 0.29) is 12.5 Å². The quantitative estimate of drug-likeness (QED) is 0.814. The van der Waals surface area contributed by atoms with Gasteiger partial charge in [-0.05, 0) is 35.6 Å². The molecule has 0 spiro atoms. The van der Waals surface area contributed by atoms with E-state index in [4.69, 9.17) is 11.5 Å². The summed E-state index contributed by atoms with van der Waals surface area (Å²) in [5.74, 6) is 0.103. The first-order valence-corrected chi connectivity index (χ1v) is 7.59. The molecular weight excluding hydrogens is 286 g/mol. The van der Waals surface area contributed by atoms with Gasteiger partial charge < -0.3 is 16.4 Å². The minimum Gasteiger partial charge on any atom is -0.382 e. The van der Waals surface area contributed by atoms with Crippen molar-refractivity contribution in [2.75, 3.05) is 23.7 Å². The third kappa shape index (κ3) is 3.69. The van der Waals surface area contributed by atoms with Crippen molar-refractivity contribution in [2.24, 2.45) is 5.73 Å². The Labute approximate surface area is 128 Å². The van der Waals surface area contributed by atoms with Gasteiger partial charge in [-0.1, -0.05) is 13.3 Å². The van der Waals surface area contributed by atoms with Crippen molar-refractivity contribution in [3.63, 3.8) is 0 Å². The average Bonchev–Trinajstić information content (AvgIpc) is 2.85. The number of unbranched alkanes of at least 4 members (excludes halogenated alkanes) is 1. The Balaban J connectivity index is 2.39. The number of hydrogen-bond donors (Lipinski definition) is 2. The molecule has 0 saturated carbocycles. The van der Waals surface area contributed by atoms with Gasteiger partial charge in [-0.3, -0.25) is 9.78 Å². The van der Waals surface area contributed by atoms with Crippen LogP contribution in [0.5, 0.6) is 0 Å². The summed E-state index contributed by atoms with van der Waals surface area (Å²) in [4.78, 5) is 17.3. The number of pyridine rings is 1. The molecule has 2 rings (SSSR count). The van der Waals surface area contributed by atoms with Crippen LogP contribution in [-0.4, -0.2) is 28.4 Å². The number of nitrogens with two attached hydrogens (primary N) is 2. The van der Waals surface area contributed by atoms with Crippen LogP contribution in [0.4, 0.5) is 10.8 Å². The van der Waals surface area contributed by atoms with Crippen molar-refractivity contribution in [1.29, 1.82) is 0 Å². The minimum absolute atomic E-state index is 0.166. The van der Waals surface area contributed by atoms with E-state index < -0.39 is 0 Å². The number of aromatic nitrogens is 2. The molecule has 112 valence electrons. The van der Waals surface area contributed by atoms with Gasteiger partial charge in [0, 0.05) is 18.9 Å². The molecular formula is C14H19N5OS.